The van der Waals surface area contributed by atoms with Crippen molar-refractivity contribution in [1.82, 2.24) is 19.5 Å². The van der Waals surface area contributed by atoms with Crippen molar-refractivity contribution in [3.63, 3.8) is 0 Å². The summed E-state index contributed by atoms with van der Waals surface area (Å²) < 4.78 is 28.1. The van der Waals surface area contributed by atoms with Gasteiger partial charge in [-0.25, -0.2) is 9.97 Å². The summed E-state index contributed by atoms with van der Waals surface area (Å²) in [4.78, 5) is 23.6. The van der Waals surface area contributed by atoms with Crippen LogP contribution >= 0.6 is 0 Å². The molecule has 2 saturated heterocycles. The molecule has 208 valence electrons. The SMILES string of the molecule is CC1(C)O[C@@H]2[C@@H](O1)[C@@H](n1cnc3c(=O)[nH]cnc31)O[C@@H]2COC(c1ccccc1)(c1ccccc1)c1ccccc1. The lowest BCUT2D eigenvalue weighted by atomic mass is 9.80. The minimum atomic E-state index is -0.910. The van der Waals surface area contributed by atoms with Crippen LogP contribution in [0.15, 0.2) is 108 Å². The van der Waals surface area contributed by atoms with E-state index in [0.717, 1.165) is 16.7 Å². The third-order valence-electron chi connectivity index (χ3n) is 7.77. The molecule has 7 rings (SSSR count). The van der Waals surface area contributed by atoms with Crippen molar-refractivity contribution in [3.05, 3.63) is 131 Å². The van der Waals surface area contributed by atoms with Crippen LogP contribution in [0, 0.1) is 0 Å². The molecule has 1 N–H and O–H groups in total. The molecule has 2 aliphatic rings. The number of hydrogen-bond acceptors (Lipinski definition) is 7. The highest BCUT2D eigenvalue weighted by Crippen LogP contribution is 2.46. The van der Waals surface area contributed by atoms with Crippen molar-refractivity contribution >= 4 is 11.2 Å². The van der Waals surface area contributed by atoms with Crippen molar-refractivity contribution in [2.24, 2.45) is 0 Å². The molecule has 2 fully saturated rings. The van der Waals surface area contributed by atoms with Crippen molar-refractivity contribution < 1.29 is 18.9 Å². The summed E-state index contributed by atoms with van der Waals surface area (Å²) in [6, 6.07) is 30.6. The molecule has 0 amide bonds. The molecule has 0 saturated carbocycles. The molecule has 9 heteroatoms. The average molecular weight is 551 g/mol. The van der Waals surface area contributed by atoms with Crippen LogP contribution in [0.2, 0.25) is 0 Å². The Balaban J connectivity index is 1.29. The zero-order valence-corrected chi connectivity index (χ0v) is 22.7. The third kappa shape index (κ3) is 4.38. The molecule has 3 aromatic carbocycles. The summed E-state index contributed by atoms with van der Waals surface area (Å²) in [5.74, 6) is -0.827. The van der Waals surface area contributed by atoms with Gasteiger partial charge in [-0.15, -0.1) is 0 Å². The van der Waals surface area contributed by atoms with Crippen LogP contribution in [-0.2, 0) is 24.5 Å². The highest BCUT2D eigenvalue weighted by atomic mass is 16.8. The monoisotopic (exact) mass is 550 g/mol. The van der Waals surface area contributed by atoms with Gasteiger partial charge in [0.15, 0.2) is 23.2 Å². The molecule has 0 aliphatic carbocycles. The largest absolute Gasteiger partial charge is 0.358 e. The van der Waals surface area contributed by atoms with Crippen molar-refractivity contribution in [1.29, 1.82) is 0 Å². The summed E-state index contributed by atoms with van der Waals surface area (Å²) in [6.45, 7) is 3.98. The number of rotatable bonds is 7. The molecule has 9 nitrogen and oxygen atoms in total. The van der Waals surface area contributed by atoms with Gasteiger partial charge < -0.3 is 23.9 Å². The average Bonchev–Trinajstić information content (AvgIpc) is 3.67. The van der Waals surface area contributed by atoms with E-state index in [-0.39, 0.29) is 17.7 Å². The second-order valence-corrected chi connectivity index (χ2v) is 10.8. The predicted octanol–water partition coefficient (Wildman–Crippen LogP) is 4.55. The molecule has 0 bridgehead atoms. The Kier molecular flexibility index (Phi) is 6.32. The predicted molar refractivity (Wildman–Crippen MR) is 151 cm³/mol. The van der Waals surface area contributed by atoms with Crippen molar-refractivity contribution in [2.45, 2.75) is 49.8 Å². The maximum Gasteiger partial charge on any atom is 0.278 e. The smallest absolute Gasteiger partial charge is 0.278 e. The summed E-state index contributed by atoms with van der Waals surface area (Å²) >= 11 is 0. The van der Waals surface area contributed by atoms with Crippen LogP contribution in [0.5, 0.6) is 0 Å². The van der Waals surface area contributed by atoms with Gasteiger partial charge in [-0.2, -0.15) is 0 Å². The quantitative estimate of drug-likeness (QED) is 0.297. The van der Waals surface area contributed by atoms with E-state index in [9.17, 15) is 4.79 Å². The molecule has 4 atom stereocenters. The molecule has 0 radical (unpaired) electrons. The standard InChI is InChI=1S/C32H30N4O5/c1-31(2)40-26-24(39-30(27(26)41-31)36-20-35-25-28(36)33-19-34-29(25)37)18-38-32(21-12-6-3-7-13-21,22-14-8-4-9-15-22)23-16-10-5-11-17-23/h3-17,19-20,24,26-27,30H,18H2,1-2H3,(H,33,34,37)/t24-,26+,27-,30+/m1/s1. The lowest BCUT2D eigenvalue weighted by Crippen LogP contribution is -2.39. The van der Waals surface area contributed by atoms with E-state index in [1.165, 1.54) is 6.33 Å². The van der Waals surface area contributed by atoms with Gasteiger partial charge in [0, 0.05) is 0 Å². The van der Waals surface area contributed by atoms with Crippen LogP contribution in [0.25, 0.3) is 11.2 Å². The zero-order chi connectivity index (χ0) is 28.0. The van der Waals surface area contributed by atoms with E-state index < -0.39 is 35.9 Å². The van der Waals surface area contributed by atoms with Crippen molar-refractivity contribution in [3.8, 4) is 0 Å². The van der Waals surface area contributed by atoms with Gasteiger partial charge in [0.25, 0.3) is 5.56 Å². The summed E-state index contributed by atoms with van der Waals surface area (Å²) in [5.41, 5.74) is 2.42. The highest BCUT2D eigenvalue weighted by Gasteiger charge is 2.57. The van der Waals surface area contributed by atoms with Crippen LogP contribution in [-0.4, -0.2) is 50.2 Å². The van der Waals surface area contributed by atoms with E-state index in [2.05, 4.69) is 51.4 Å². The first-order chi connectivity index (χ1) is 20.0. The number of benzene rings is 3. The number of imidazole rings is 1. The van der Waals surface area contributed by atoms with Crippen LogP contribution in [0.4, 0.5) is 0 Å². The van der Waals surface area contributed by atoms with Gasteiger partial charge in [0.1, 0.15) is 23.9 Å². The maximum absolute atomic E-state index is 12.3. The first-order valence-electron chi connectivity index (χ1n) is 13.7. The van der Waals surface area contributed by atoms with Crippen LogP contribution in [0.1, 0.15) is 36.8 Å². The van der Waals surface area contributed by atoms with E-state index >= 15 is 0 Å². The molecule has 0 unspecified atom stereocenters. The minimum Gasteiger partial charge on any atom is -0.358 e. The molecular formula is C32H30N4O5. The number of ether oxygens (including phenoxy) is 4. The first kappa shape index (κ1) is 25.8. The summed E-state index contributed by atoms with van der Waals surface area (Å²) in [5, 5.41) is 0. The first-order valence-corrected chi connectivity index (χ1v) is 13.7. The second-order valence-electron chi connectivity index (χ2n) is 10.8. The van der Waals surface area contributed by atoms with Crippen molar-refractivity contribution in [2.75, 3.05) is 6.61 Å². The van der Waals surface area contributed by atoms with E-state index in [1.54, 1.807) is 10.9 Å². The normalized spacial score (nSPS) is 23.6. The zero-order valence-electron chi connectivity index (χ0n) is 22.7. The fourth-order valence-electron chi connectivity index (χ4n) is 6.04. The van der Waals surface area contributed by atoms with E-state index in [1.807, 2.05) is 68.4 Å². The number of hydrogen-bond donors (Lipinski definition) is 1. The lowest BCUT2D eigenvalue weighted by Gasteiger charge is -2.37. The Bertz CT molecular complexity index is 1610. The fraction of sp³-hybridized carbons (Fsp3) is 0.281. The van der Waals surface area contributed by atoms with Gasteiger partial charge in [-0.1, -0.05) is 91.0 Å². The molecule has 5 aromatic rings. The Hall–Kier alpha value is -4.15. The Morgan fingerprint density at radius 1 is 0.854 bits per heavy atom. The lowest BCUT2D eigenvalue weighted by molar-refractivity contribution is -0.204. The molecular weight excluding hydrogens is 520 g/mol. The molecule has 4 heterocycles. The molecule has 0 spiro atoms. The summed E-state index contributed by atoms with van der Waals surface area (Å²) in [7, 11) is 0. The Morgan fingerprint density at radius 2 is 1.41 bits per heavy atom. The van der Waals surface area contributed by atoms with Crippen LogP contribution < -0.4 is 5.56 Å². The Morgan fingerprint density at radius 3 is 2.00 bits per heavy atom. The molecule has 2 aromatic heterocycles. The highest BCUT2D eigenvalue weighted by molar-refractivity contribution is 5.68. The minimum absolute atomic E-state index is 0.205. The third-order valence-corrected chi connectivity index (χ3v) is 7.77. The second kappa shape index (κ2) is 10.0. The number of nitrogens with one attached hydrogen (secondary N) is 1. The summed E-state index contributed by atoms with van der Waals surface area (Å²) in [6.07, 6.45) is 0.941. The maximum atomic E-state index is 12.3. The van der Waals surface area contributed by atoms with Gasteiger partial charge >= 0.3 is 0 Å². The fourth-order valence-corrected chi connectivity index (χ4v) is 6.04. The number of aromatic amines is 1. The molecule has 2 aliphatic heterocycles. The van der Waals surface area contributed by atoms with Gasteiger partial charge in [0.05, 0.1) is 19.3 Å². The van der Waals surface area contributed by atoms with Gasteiger partial charge in [0.2, 0.25) is 0 Å². The Labute approximate surface area is 236 Å². The number of nitrogens with zero attached hydrogens (tertiary/aromatic N) is 3. The molecule has 41 heavy (non-hydrogen) atoms. The van der Waals surface area contributed by atoms with Gasteiger partial charge in [-0.05, 0) is 30.5 Å². The van der Waals surface area contributed by atoms with Gasteiger partial charge in [-0.3, -0.25) is 9.36 Å². The van der Waals surface area contributed by atoms with Crippen LogP contribution in [0.3, 0.4) is 0 Å². The number of fused-ring (bicyclic) bond motifs is 2. The number of H-pyrrole nitrogens is 1. The van der Waals surface area contributed by atoms with E-state index in [4.69, 9.17) is 18.9 Å². The number of aromatic nitrogens is 4. The topological polar surface area (TPSA) is 100 Å². The van der Waals surface area contributed by atoms with E-state index in [0.29, 0.717) is 5.65 Å².